The number of carbonyl (C=O) groups excluding carboxylic acids is 2. The summed E-state index contributed by atoms with van der Waals surface area (Å²) in [4.78, 5) is 26.3. The molecule has 3 atom stereocenters. The molecule has 1 saturated carbocycles. The van der Waals surface area contributed by atoms with Crippen LogP contribution in [0.2, 0.25) is 10.0 Å². The number of morpholine rings is 1. The van der Waals surface area contributed by atoms with Gasteiger partial charge in [0.15, 0.2) is 0 Å². The maximum atomic E-state index is 14.8. The van der Waals surface area contributed by atoms with Crippen molar-refractivity contribution in [1.82, 2.24) is 4.90 Å². The van der Waals surface area contributed by atoms with Gasteiger partial charge in [-0.05, 0) is 61.2 Å². The zero-order chi connectivity index (χ0) is 30.3. The highest BCUT2D eigenvalue weighted by Gasteiger charge is 2.45. The molecule has 5 rings (SSSR count). The number of sulfonamides is 1. The Morgan fingerprint density at radius 1 is 1.00 bits per heavy atom. The second kappa shape index (κ2) is 14.5. The van der Waals surface area contributed by atoms with Crippen LogP contribution in [0.15, 0.2) is 78.9 Å². The minimum Gasteiger partial charge on any atom is -0.365 e. The number of para-hydroxylation sites is 1. The Bertz CT molecular complexity index is 1460. The Morgan fingerprint density at radius 3 is 2.17 bits per heavy atom. The monoisotopic (exact) mass is 634 g/mol. The lowest BCUT2D eigenvalue weighted by Gasteiger charge is -2.45. The Labute approximate surface area is 256 Å². The summed E-state index contributed by atoms with van der Waals surface area (Å²) in [7, 11) is -3.83. The first-order valence-corrected chi connectivity index (χ1v) is 16.0. The van der Waals surface area contributed by atoms with Gasteiger partial charge in [0.1, 0.15) is 18.2 Å². The van der Waals surface area contributed by atoms with Crippen LogP contribution < -0.4 is 4.31 Å². The van der Waals surface area contributed by atoms with E-state index in [1.54, 1.807) is 35.2 Å². The zero-order valence-electron chi connectivity index (χ0n) is 23.1. The summed E-state index contributed by atoms with van der Waals surface area (Å²) in [6.07, 6.45) is 1.04. The number of hydrogen-bond acceptors (Lipinski definition) is 5. The molecule has 0 spiro atoms. The molecule has 0 radical (unpaired) electrons. The van der Waals surface area contributed by atoms with Crippen molar-refractivity contribution in [2.24, 2.45) is 0 Å². The first-order chi connectivity index (χ1) is 20.2. The standard InChI is InChI=1S/C25H28ClFN2O5S.C6H5Cl/c1-2-19(15-28(35(32,33)20-11-12-20)22-6-4-3-5-21(22)27)29-23(17-7-9-18(26)10-8-17)16-34-24(13-14-30)25(29)31;7-6-4-2-1-3-5-6/h3-10,14,19-20,23-24H,2,11-13,15-16H2,1H3;1-5H/t19-,23-,24+;/m0./s1. The quantitative estimate of drug-likeness (QED) is 0.239. The molecule has 3 aromatic carbocycles. The van der Waals surface area contributed by atoms with Crippen molar-refractivity contribution in [3.8, 4) is 0 Å². The van der Waals surface area contributed by atoms with E-state index in [0.29, 0.717) is 30.6 Å². The molecule has 1 amide bonds. The molecule has 0 aromatic heterocycles. The van der Waals surface area contributed by atoms with E-state index < -0.39 is 45.2 Å². The lowest BCUT2D eigenvalue weighted by Crippen LogP contribution is -2.57. The van der Waals surface area contributed by atoms with Crippen LogP contribution in [-0.4, -0.2) is 56.1 Å². The Balaban J connectivity index is 0.000000507. The Morgan fingerprint density at radius 2 is 1.62 bits per heavy atom. The number of amides is 1. The Kier molecular flexibility index (Phi) is 11.0. The van der Waals surface area contributed by atoms with Crippen LogP contribution in [0, 0.1) is 5.82 Å². The lowest BCUT2D eigenvalue weighted by atomic mass is 9.98. The summed E-state index contributed by atoms with van der Waals surface area (Å²) in [5, 5.41) is 0.771. The van der Waals surface area contributed by atoms with E-state index >= 15 is 0 Å². The molecule has 0 bridgehead atoms. The van der Waals surface area contributed by atoms with E-state index in [1.807, 2.05) is 37.3 Å². The van der Waals surface area contributed by atoms with Crippen molar-refractivity contribution < 1.29 is 27.1 Å². The number of nitrogens with zero attached hydrogens (tertiary/aromatic N) is 2. The van der Waals surface area contributed by atoms with Crippen LogP contribution in [0.5, 0.6) is 0 Å². The van der Waals surface area contributed by atoms with E-state index in [1.165, 1.54) is 18.2 Å². The first-order valence-electron chi connectivity index (χ1n) is 13.8. The summed E-state index contributed by atoms with van der Waals surface area (Å²) in [6, 6.07) is 21.1. The van der Waals surface area contributed by atoms with Crippen molar-refractivity contribution in [2.75, 3.05) is 17.5 Å². The van der Waals surface area contributed by atoms with Gasteiger partial charge >= 0.3 is 0 Å². The van der Waals surface area contributed by atoms with Crippen LogP contribution in [-0.2, 0) is 24.3 Å². The number of carbonyl (C=O) groups is 2. The number of aldehydes is 1. The molecule has 0 unspecified atom stereocenters. The Hall–Kier alpha value is -2.98. The molecule has 1 aliphatic carbocycles. The van der Waals surface area contributed by atoms with Gasteiger partial charge in [-0.1, -0.05) is 72.6 Å². The zero-order valence-corrected chi connectivity index (χ0v) is 25.4. The largest absolute Gasteiger partial charge is 0.365 e. The SMILES string of the molecule is CC[C@@H](CN(c1ccccc1F)S(=O)(=O)C1CC1)N1C(=O)[C@@H](CC=O)OC[C@H]1c1ccc(Cl)cc1.Clc1ccccc1. The molecular weight excluding hydrogens is 602 g/mol. The predicted octanol–water partition coefficient (Wildman–Crippen LogP) is 6.45. The minimum atomic E-state index is -3.83. The van der Waals surface area contributed by atoms with E-state index in [9.17, 15) is 22.4 Å². The fraction of sp³-hybridized carbons (Fsp3) is 0.355. The summed E-state index contributed by atoms with van der Waals surface area (Å²) in [5.74, 6) is -1.04. The van der Waals surface area contributed by atoms with E-state index in [2.05, 4.69) is 0 Å². The van der Waals surface area contributed by atoms with Gasteiger partial charge in [0.2, 0.25) is 10.0 Å². The molecule has 2 aliphatic rings. The molecule has 2 fully saturated rings. The maximum absolute atomic E-state index is 14.8. The minimum absolute atomic E-state index is 0.0361. The molecule has 11 heteroatoms. The summed E-state index contributed by atoms with van der Waals surface area (Å²) >= 11 is 11.6. The molecule has 0 N–H and O–H groups in total. The molecule has 42 heavy (non-hydrogen) atoms. The fourth-order valence-electron chi connectivity index (χ4n) is 4.87. The summed E-state index contributed by atoms with van der Waals surface area (Å²) in [5.41, 5.74) is 0.735. The number of ether oxygens (including phenoxy) is 1. The van der Waals surface area contributed by atoms with Gasteiger partial charge in [0.25, 0.3) is 5.91 Å². The van der Waals surface area contributed by atoms with E-state index in [-0.39, 0.29) is 25.3 Å². The topological polar surface area (TPSA) is 84.0 Å². The van der Waals surface area contributed by atoms with E-state index in [0.717, 1.165) is 14.9 Å². The molecule has 7 nitrogen and oxygen atoms in total. The van der Waals surface area contributed by atoms with Crippen molar-refractivity contribution >= 4 is 51.1 Å². The predicted molar refractivity (Wildman–Crippen MR) is 163 cm³/mol. The third-order valence-electron chi connectivity index (χ3n) is 7.23. The summed E-state index contributed by atoms with van der Waals surface area (Å²) < 4.78 is 48.4. The molecule has 224 valence electrons. The van der Waals surface area contributed by atoms with Crippen LogP contribution in [0.1, 0.15) is 44.2 Å². The van der Waals surface area contributed by atoms with Crippen LogP contribution in [0.25, 0.3) is 0 Å². The summed E-state index contributed by atoms with van der Waals surface area (Å²) in [6.45, 7) is 1.88. The molecule has 1 heterocycles. The number of hydrogen-bond donors (Lipinski definition) is 0. The van der Waals surface area contributed by atoms with Gasteiger partial charge in [-0.3, -0.25) is 9.10 Å². The van der Waals surface area contributed by atoms with Gasteiger partial charge < -0.3 is 14.4 Å². The van der Waals surface area contributed by atoms with Gasteiger partial charge in [-0.25, -0.2) is 12.8 Å². The number of halogens is 3. The van der Waals surface area contributed by atoms with Gasteiger partial charge in [-0.2, -0.15) is 0 Å². The third-order valence-corrected chi connectivity index (χ3v) is 10.0. The lowest BCUT2D eigenvalue weighted by molar-refractivity contribution is -0.165. The van der Waals surface area contributed by atoms with Crippen molar-refractivity contribution in [3.63, 3.8) is 0 Å². The average molecular weight is 636 g/mol. The smallest absolute Gasteiger partial charge is 0.253 e. The van der Waals surface area contributed by atoms with Crippen molar-refractivity contribution in [2.45, 2.75) is 56.0 Å². The molecule has 1 aliphatic heterocycles. The normalized spacial score (nSPS) is 19.4. The molecule has 3 aromatic rings. The second-order valence-electron chi connectivity index (χ2n) is 10.1. The first kappa shape index (κ1) is 31.9. The molecule has 1 saturated heterocycles. The highest BCUT2D eigenvalue weighted by atomic mass is 35.5. The van der Waals surface area contributed by atoms with Crippen LogP contribution in [0.3, 0.4) is 0 Å². The highest BCUT2D eigenvalue weighted by molar-refractivity contribution is 7.93. The number of anilines is 1. The van der Waals surface area contributed by atoms with Crippen molar-refractivity contribution in [3.05, 3.63) is 100 Å². The van der Waals surface area contributed by atoms with Crippen LogP contribution in [0.4, 0.5) is 10.1 Å². The third kappa shape index (κ3) is 7.69. The maximum Gasteiger partial charge on any atom is 0.253 e. The average Bonchev–Trinajstić information content (AvgIpc) is 3.84. The van der Waals surface area contributed by atoms with Gasteiger partial charge in [0, 0.05) is 16.5 Å². The van der Waals surface area contributed by atoms with Gasteiger partial charge in [-0.15, -0.1) is 0 Å². The molecular formula is C31H33Cl2FN2O5S. The fourth-order valence-corrected chi connectivity index (χ4v) is 7.04. The highest BCUT2D eigenvalue weighted by Crippen LogP contribution is 2.37. The number of rotatable bonds is 10. The van der Waals surface area contributed by atoms with E-state index in [4.69, 9.17) is 27.9 Å². The van der Waals surface area contributed by atoms with Gasteiger partial charge in [0.05, 0.1) is 36.2 Å². The van der Waals surface area contributed by atoms with Crippen LogP contribution >= 0.6 is 23.2 Å². The number of benzene rings is 3. The van der Waals surface area contributed by atoms with Crippen molar-refractivity contribution in [1.29, 1.82) is 0 Å². The second-order valence-corrected chi connectivity index (χ2v) is 13.1.